The third kappa shape index (κ3) is 3.11. The molecule has 0 aliphatic rings. The van der Waals surface area contributed by atoms with Crippen molar-refractivity contribution in [3.05, 3.63) is 60.2 Å². The summed E-state index contributed by atoms with van der Waals surface area (Å²) >= 11 is 5.23. The second kappa shape index (κ2) is 5.38. The Morgan fingerprint density at radius 1 is 0.800 bits per heavy atom. The quantitative estimate of drug-likeness (QED) is 0.732. The van der Waals surface area contributed by atoms with Crippen LogP contribution in [0.1, 0.15) is 5.56 Å². The summed E-state index contributed by atoms with van der Waals surface area (Å²) in [6.45, 7) is 0. The molecule has 2 heteroatoms. The molecule has 0 heterocycles. The molecule has 0 aliphatic heterocycles. The Kier molecular flexibility index (Phi) is 3.87. The van der Waals surface area contributed by atoms with Gasteiger partial charge < -0.3 is 0 Å². The highest BCUT2D eigenvalue weighted by atomic mass is 79.9. The van der Waals surface area contributed by atoms with Crippen LogP contribution in [0.5, 0.6) is 0 Å². The molecule has 0 spiro atoms. The Labute approximate surface area is 103 Å². The van der Waals surface area contributed by atoms with Crippen molar-refractivity contribution in [2.24, 2.45) is 0 Å². The lowest BCUT2D eigenvalue weighted by molar-refractivity contribution is 1.35. The van der Waals surface area contributed by atoms with E-state index in [9.17, 15) is 0 Å². The van der Waals surface area contributed by atoms with Crippen LogP contribution in [0.4, 0.5) is 0 Å². The van der Waals surface area contributed by atoms with E-state index in [0.29, 0.717) is 0 Å². The third-order valence-electron chi connectivity index (χ3n) is 2.06. The fraction of sp³-hybridized carbons (Fsp3) is 0.0769. The van der Waals surface area contributed by atoms with E-state index in [1.165, 1.54) is 15.4 Å². The van der Waals surface area contributed by atoms with Gasteiger partial charge in [0, 0.05) is 15.1 Å². The van der Waals surface area contributed by atoms with Crippen molar-refractivity contribution in [3.8, 4) is 0 Å². The van der Waals surface area contributed by atoms with Gasteiger partial charge in [-0.3, -0.25) is 0 Å². The highest BCUT2D eigenvalue weighted by Crippen LogP contribution is 2.27. The van der Waals surface area contributed by atoms with E-state index < -0.39 is 0 Å². The SMILES string of the molecule is BrCc1ccc(Sc2ccccc2)cc1. The number of benzene rings is 2. The zero-order valence-electron chi connectivity index (χ0n) is 8.19. The van der Waals surface area contributed by atoms with Gasteiger partial charge in [-0.05, 0) is 29.8 Å². The lowest BCUT2D eigenvalue weighted by Gasteiger charge is -2.02. The van der Waals surface area contributed by atoms with Gasteiger partial charge in [0.2, 0.25) is 0 Å². The van der Waals surface area contributed by atoms with E-state index in [2.05, 4.69) is 64.5 Å². The third-order valence-corrected chi connectivity index (χ3v) is 3.72. The van der Waals surface area contributed by atoms with Crippen LogP contribution in [0.3, 0.4) is 0 Å². The second-order valence-corrected chi connectivity index (χ2v) is 4.90. The van der Waals surface area contributed by atoms with Gasteiger partial charge in [-0.1, -0.05) is 58.0 Å². The minimum absolute atomic E-state index is 0.920. The smallest absolute Gasteiger partial charge is 0.0283 e. The van der Waals surface area contributed by atoms with Gasteiger partial charge in [-0.15, -0.1) is 0 Å². The molecule has 0 unspecified atom stereocenters. The van der Waals surface area contributed by atoms with Crippen LogP contribution >= 0.6 is 27.7 Å². The van der Waals surface area contributed by atoms with E-state index in [1.807, 2.05) is 6.07 Å². The fourth-order valence-electron chi connectivity index (χ4n) is 1.27. The number of halogens is 1. The highest BCUT2D eigenvalue weighted by Gasteiger charge is 1.96. The zero-order valence-corrected chi connectivity index (χ0v) is 10.6. The molecule has 0 nitrogen and oxygen atoms in total. The summed E-state index contributed by atoms with van der Waals surface area (Å²) in [4.78, 5) is 2.56. The molecule has 0 radical (unpaired) electrons. The van der Waals surface area contributed by atoms with Gasteiger partial charge in [0.1, 0.15) is 0 Å². The molecule has 0 amide bonds. The molecule has 0 fully saturated rings. The lowest BCUT2D eigenvalue weighted by Crippen LogP contribution is -1.77. The van der Waals surface area contributed by atoms with Crippen LogP contribution < -0.4 is 0 Å². The van der Waals surface area contributed by atoms with Crippen molar-refractivity contribution in [1.82, 2.24) is 0 Å². The van der Waals surface area contributed by atoms with Crippen molar-refractivity contribution in [1.29, 1.82) is 0 Å². The first kappa shape index (κ1) is 10.8. The normalized spacial score (nSPS) is 10.2. The molecular weight excluding hydrogens is 268 g/mol. The largest absolute Gasteiger partial charge is 0.0901 e. The Balaban J connectivity index is 2.11. The van der Waals surface area contributed by atoms with Gasteiger partial charge in [0.15, 0.2) is 0 Å². The van der Waals surface area contributed by atoms with Crippen LogP contribution in [-0.2, 0) is 5.33 Å². The van der Waals surface area contributed by atoms with Crippen molar-refractivity contribution in [3.63, 3.8) is 0 Å². The number of rotatable bonds is 3. The number of hydrogen-bond donors (Lipinski definition) is 0. The molecule has 2 aromatic carbocycles. The molecule has 0 atom stereocenters. The average Bonchev–Trinajstić information content (AvgIpc) is 2.31. The number of alkyl halides is 1. The molecule has 2 rings (SSSR count). The summed E-state index contributed by atoms with van der Waals surface area (Å²) in [5, 5.41) is 0.920. The maximum absolute atomic E-state index is 3.44. The topological polar surface area (TPSA) is 0 Å². The Morgan fingerprint density at radius 2 is 1.40 bits per heavy atom. The van der Waals surface area contributed by atoms with Crippen LogP contribution in [0.15, 0.2) is 64.4 Å². The lowest BCUT2D eigenvalue weighted by atomic mass is 10.2. The standard InChI is InChI=1S/C13H11BrS/c14-10-11-6-8-13(9-7-11)15-12-4-2-1-3-5-12/h1-9H,10H2. The number of hydrogen-bond acceptors (Lipinski definition) is 1. The van der Waals surface area contributed by atoms with Crippen LogP contribution in [-0.4, -0.2) is 0 Å². The van der Waals surface area contributed by atoms with E-state index in [0.717, 1.165) is 5.33 Å². The summed E-state index contributed by atoms with van der Waals surface area (Å²) in [5.41, 5.74) is 1.31. The van der Waals surface area contributed by atoms with Crippen molar-refractivity contribution in [2.45, 2.75) is 15.1 Å². The van der Waals surface area contributed by atoms with Gasteiger partial charge in [-0.25, -0.2) is 0 Å². The first-order valence-electron chi connectivity index (χ1n) is 4.76. The summed E-state index contributed by atoms with van der Waals surface area (Å²) in [6.07, 6.45) is 0. The zero-order chi connectivity index (χ0) is 10.5. The first-order chi connectivity index (χ1) is 7.38. The molecule has 15 heavy (non-hydrogen) atoms. The molecule has 0 bridgehead atoms. The van der Waals surface area contributed by atoms with E-state index in [-0.39, 0.29) is 0 Å². The molecule has 0 N–H and O–H groups in total. The van der Waals surface area contributed by atoms with Gasteiger partial charge >= 0.3 is 0 Å². The highest BCUT2D eigenvalue weighted by molar-refractivity contribution is 9.08. The maximum Gasteiger partial charge on any atom is 0.0283 e. The average molecular weight is 279 g/mol. The molecule has 76 valence electrons. The molecule has 0 aliphatic carbocycles. The van der Waals surface area contributed by atoms with Crippen LogP contribution in [0.2, 0.25) is 0 Å². The first-order valence-corrected chi connectivity index (χ1v) is 6.70. The van der Waals surface area contributed by atoms with Gasteiger partial charge in [0.25, 0.3) is 0 Å². The second-order valence-electron chi connectivity index (χ2n) is 3.19. The van der Waals surface area contributed by atoms with E-state index >= 15 is 0 Å². The Hall–Kier alpha value is -0.730. The monoisotopic (exact) mass is 278 g/mol. The molecule has 2 aromatic rings. The predicted molar refractivity (Wildman–Crippen MR) is 69.6 cm³/mol. The molecule has 0 saturated carbocycles. The van der Waals surface area contributed by atoms with Crippen molar-refractivity contribution in [2.75, 3.05) is 0 Å². The van der Waals surface area contributed by atoms with Crippen LogP contribution in [0.25, 0.3) is 0 Å². The summed E-state index contributed by atoms with van der Waals surface area (Å²) in [6, 6.07) is 19.1. The summed E-state index contributed by atoms with van der Waals surface area (Å²) < 4.78 is 0. The van der Waals surface area contributed by atoms with Gasteiger partial charge in [-0.2, -0.15) is 0 Å². The Morgan fingerprint density at radius 3 is 2.00 bits per heavy atom. The summed E-state index contributed by atoms with van der Waals surface area (Å²) in [7, 11) is 0. The molecule has 0 aromatic heterocycles. The Bertz CT molecular complexity index is 408. The van der Waals surface area contributed by atoms with Gasteiger partial charge in [0.05, 0.1) is 0 Å². The molecular formula is C13H11BrS. The van der Waals surface area contributed by atoms with Crippen molar-refractivity contribution >= 4 is 27.7 Å². The minimum atomic E-state index is 0.920. The molecule has 0 saturated heterocycles. The summed E-state index contributed by atoms with van der Waals surface area (Å²) in [5.74, 6) is 0. The minimum Gasteiger partial charge on any atom is -0.0901 e. The van der Waals surface area contributed by atoms with Crippen molar-refractivity contribution < 1.29 is 0 Å². The maximum atomic E-state index is 3.44. The van der Waals surface area contributed by atoms with E-state index in [1.54, 1.807) is 11.8 Å². The van der Waals surface area contributed by atoms with E-state index in [4.69, 9.17) is 0 Å². The van der Waals surface area contributed by atoms with Crippen LogP contribution in [0, 0.1) is 0 Å². The predicted octanol–water partition coefficient (Wildman–Crippen LogP) is 4.73. The fourth-order valence-corrected chi connectivity index (χ4v) is 2.48.